The van der Waals surface area contributed by atoms with Crippen LogP contribution in [-0.2, 0) is 0 Å². The summed E-state index contributed by atoms with van der Waals surface area (Å²) in [5.41, 5.74) is 1.10. The van der Waals surface area contributed by atoms with Crippen molar-refractivity contribution in [2.24, 2.45) is 5.92 Å². The summed E-state index contributed by atoms with van der Waals surface area (Å²) in [6.07, 6.45) is 3.69. The molecule has 0 aromatic heterocycles. The van der Waals surface area contributed by atoms with Crippen LogP contribution in [0.3, 0.4) is 0 Å². The Balaban J connectivity index is 2.39. The lowest BCUT2D eigenvalue weighted by atomic mass is 9.88. The Kier molecular flexibility index (Phi) is 6.20. The van der Waals surface area contributed by atoms with E-state index in [1.165, 1.54) is 19.3 Å². The van der Waals surface area contributed by atoms with Gasteiger partial charge in [0.05, 0.1) is 4.47 Å². The molecule has 1 N–H and O–H groups in total. The highest BCUT2D eigenvalue weighted by Gasteiger charge is 2.32. The van der Waals surface area contributed by atoms with Gasteiger partial charge in [0.1, 0.15) is 5.82 Å². The van der Waals surface area contributed by atoms with Gasteiger partial charge >= 0.3 is 0 Å². The van der Waals surface area contributed by atoms with Crippen molar-refractivity contribution in [3.05, 3.63) is 34.1 Å². The first kappa shape index (κ1) is 16.9. The molecule has 0 aliphatic carbocycles. The van der Waals surface area contributed by atoms with Gasteiger partial charge in [-0.25, -0.2) is 4.39 Å². The van der Waals surface area contributed by atoms with Gasteiger partial charge in [0.15, 0.2) is 0 Å². The molecule has 1 aromatic carbocycles. The highest BCUT2D eigenvalue weighted by Crippen LogP contribution is 2.37. The molecular formula is C17H26BrFN2. The highest BCUT2D eigenvalue weighted by atomic mass is 79.9. The minimum Gasteiger partial charge on any atom is -0.319 e. The van der Waals surface area contributed by atoms with Gasteiger partial charge in [-0.2, -0.15) is 0 Å². The molecule has 2 nitrogen and oxygen atoms in total. The van der Waals surface area contributed by atoms with E-state index in [4.69, 9.17) is 0 Å². The second-order valence-corrected chi connectivity index (χ2v) is 7.12. The van der Waals surface area contributed by atoms with E-state index >= 15 is 0 Å². The van der Waals surface area contributed by atoms with Crippen molar-refractivity contribution in [3.63, 3.8) is 0 Å². The summed E-state index contributed by atoms with van der Waals surface area (Å²) < 4.78 is 14.5. The van der Waals surface area contributed by atoms with Gasteiger partial charge in [0.2, 0.25) is 0 Å². The van der Waals surface area contributed by atoms with E-state index in [-0.39, 0.29) is 5.82 Å². The van der Waals surface area contributed by atoms with Gasteiger partial charge in [-0.05, 0) is 86.4 Å². The molecule has 0 spiro atoms. The molecule has 1 aliphatic rings. The van der Waals surface area contributed by atoms with Crippen LogP contribution in [0.25, 0.3) is 0 Å². The molecule has 1 saturated heterocycles. The van der Waals surface area contributed by atoms with Crippen molar-refractivity contribution >= 4 is 15.9 Å². The van der Waals surface area contributed by atoms with Crippen molar-refractivity contribution in [1.29, 1.82) is 0 Å². The fourth-order valence-corrected chi connectivity index (χ4v) is 3.73. The van der Waals surface area contributed by atoms with Crippen LogP contribution in [0.15, 0.2) is 22.7 Å². The molecule has 0 radical (unpaired) electrons. The lowest BCUT2D eigenvalue weighted by molar-refractivity contribution is 0.118. The lowest BCUT2D eigenvalue weighted by Crippen LogP contribution is -2.40. The summed E-state index contributed by atoms with van der Waals surface area (Å²) in [5, 5.41) is 3.32. The Labute approximate surface area is 136 Å². The lowest BCUT2D eigenvalue weighted by Gasteiger charge is -2.38. The summed E-state index contributed by atoms with van der Waals surface area (Å²) in [6, 6.07) is 6.38. The summed E-state index contributed by atoms with van der Waals surface area (Å²) in [4.78, 5) is 2.54. The van der Waals surface area contributed by atoms with Crippen molar-refractivity contribution in [3.8, 4) is 0 Å². The van der Waals surface area contributed by atoms with E-state index < -0.39 is 0 Å². The van der Waals surface area contributed by atoms with E-state index in [2.05, 4.69) is 46.1 Å². The summed E-state index contributed by atoms with van der Waals surface area (Å²) in [5.74, 6) is 0.365. The first-order chi connectivity index (χ1) is 10.0. The van der Waals surface area contributed by atoms with E-state index in [1.807, 2.05) is 13.1 Å². The molecule has 1 aromatic rings. The second kappa shape index (κ2) is 7.70. The Hall–Kier alpha value is -0.450. The molecule has 118 valence electrons. The number of hydrogen-bond donors (Lipinski definition) is 1. The number of benzene rings is 1. The topological polar surface area (TPSA) is 15.3 Å². The second-order valence-electron chi connectivity index (χ2n) is 6.26. The van der Waals surface area contributed by atoms with Crippen LogP contribution in [-0.4, -0.2) is 31.1 Å². The molecule has 2 unspecified atom stereocenters. The van der Waals surface area contributed by atoms with E-state index in [0.29, 0.717) is 22.5 Å². The van der Waals surface area contributed by atoms with Gasteiger partial charge in [0, 0.05) is 12.1 Å². The smallest absolute Gasteiger partial charge is 0.137 e. The van der Waals surface area contributed by atoms with Crippen LogP contribution in [0.4, 0.5) is 4.39 Å². The molecule has 2 atom stereocenters. The average Bonchev–Trinajstić information content (AvgIpc) is 2.65. The zero-order valence-electron chi connectivity index (χ0n) is 13.2. The molecule has 1 aliphatic heterocycles. The fourth-order valence-electron chi connectivity index (χ4n) is 3.48. The minimum absolute atomic E-state index is 0.163. The van der Waals surface area contributed by atoms with Crippen LogP contribution < -0.4 is 5.32 Å². The first-order valence-electron chi connectivity index (χ1n) is 7.90. The maximum absolute atomic E-state index is 14.0. The third-order valence-electron chi connectivity index (χ3n) is 4.46. The zero-order valence-corrected chi connectivity index (χ0v) is 14.8. The van der Waals surface area contributed by atoms with E-state index in [9.17, 15) is 4.39 Å². The molecule has 0 saturated carbocycles. The Morgan fingerprint density at radius 1 is 1.38 bits per heavy atom. The number of nitrogens with one attached hydrogen (secondary N) is 1. The predicted molar refractivity (Wildman–Crippen MR) is 90.0 cm³/mol. The number of halogens is 2. The normalized spacial score (nSPS) is 24.3. The number of rotatable bonds is 4. The molecule has 1 fully saturated rings. The number of hydrogen-bond acceptors (Lipinski definition) is 2. The third-order valence-corrected chi connectivity index (χ3v) is 5.10. The van der Waals surface area contributed by atoms with Gasteiger partial charge in [-0.15, -0.1) is 0 Å². The maximum Gasteiger partial charge on any atom is 0.137 e. The van der Waals surface area contributed by atoms with Crippen LogP contribution in [0.1, 0.15) is 44.7 Å². The first-order valence-corrected chi connectivity index (χ1v) is 8.69. The molecule has 0 bridgehead atoms. The highest BCUT2D eigenvalue weighted by molar-refractivity contribution is 9.10. The molecule has 21 heavy (non-hydrogen) atoms. The molecule has 4 heteroatoms. The Morgan fingerprint density at radius 2 is 2.14 bits per heavy atom. The van der Waals surface area contributed by atoms with Crippen LogP contribution in [0, 0.1) is 11.7 Å². The molecule has 0 amide bonds. The van der Waals surface area contributed by atoms with Crippen LogP contribution in [0.5, 0.6) is 0 Å². The van der Waals surface area contributed by atoms with E-state index in [1.54, 1.807) is 6.07 Å². The van der Waals surface area contributed by atoms with Gasteiger partial charge in [-0.3, -0.25) is 4.90 Å². The number of nitrogens with zero attached hydrogens (tertiary/aromatic N) is 1. The standard InChI is InChI=1S/C17H26BrFN2/c1-12(2)21-9-5-4-6-14(11-20-3)17(21)13-7-8-15(18)16(19)10-13/h7-8,10,12,14,17,20H,4-6,9,11H2,1-3H3. The van der Waals surface area contributed by atoms with Gasteiger partial charge < -0.3 is 5.32 Å². The minimum atomic E-state index is -0.163. The van der Waals surface area contributed by atoms with Gasteiger partial charge in [-0.1, -0.05) is 12.5 Å². The molecule has 1 heterocycles. The molecular weight excluding hydrogens is 331 g/mol. The largest absolute Gasteiger partial charge is 0.319 e. The van der Waals surface area contributed by atoms with E-state index in [0.717, 1.165) is 18.7 Å². The van der Waals surface area contributed by atoms with Crippen molar-refractivity contribution in [1.82, 2.24) is 10.2 Å². The molecule has 2 rings (SSSR count). The quantitative estimate of drug-likeness (QED) is 0.861. The zero-order chi connectivity index (χ0) is 15.4. The predicted octanol–water partition coefficient (Wildman–Crippen LogP) is 4.36. The van der Waals surface area contributed by atoms with Gasteiger partial charge in [0.25, 0.3) is 0 Å². The summed E-state index contributed by atoms with van der Waals surface area (Å²) in [6.45, 7) is 6.56. The maximum atomic E-state index is 14.0. The van der Waals surface area contributed by atoms with Crippen molar-refractivity contribution in [2.75, 3.05) is 20.1 Å². The Morgan fingerprint density at radius 3 is 2.76 bits per heavy atom. The summed E-state index contributed by atoms with van der Waals surface area (Å²) >= 11 is 3.26. The van der Waals surface area contributed by atoms with Crippen molar-refractivity contribution < 1.29 is 4.39 Å². The monoisotopic (exact) mass is 356 g/mol. The SMILES string of the molecule is CNCC1CCCCN(C(C)C)C1c1ccc(Br)c(F)c1. The fraction of sp³-hybridized carbons (Fsp3) is 0.647. The number of likely N-dealkylation sites (tertiary alicyclic amines) is 1. The van der Waals surface area contributed by atoms with Crippen molar-refractivity contribution in [2.45, 2.75) is 45.2 Å². The van der Waals surface area contributed by atoms with Crippen LogP contribution >= 0.6 is 15.9 Å². The summed E-state index contributed by atoms with van der Waals surface area (Å²) in [7, 11) is 2.00. The average molecular weight is 357 g/mol. The Bertz CT molecular complexity index is 464. The third kappa shape index (κ3) is 4.05. The van der Waals surface area contributed by atoms with Crippen LogP contribution in [0.2, 0.25) is 0 Å².